The van der Waals surface area contributed by atoms with Crippen molar-refractivity contribution in [3.63, 3.8) is 0 Å². The summed E-state index contributed by atoms with van der Waals surface area (Å²) in [5, 5.41) is 0.493. The fraction of sp³-hybridized carbons (Fsp3) is 0.278. The van der Waals surface area contributed by atoms with Crippen LogP contribution in [0.25, 0.3) is 0 Å². The van der Waals surface area contributed by atoms with E-state index in [0.29, 0.717) is 23.7 Å². The van der Waals surface area contributed by atoms with Gasteiger partial charge in [0.2, 0.25) is 10.0 Å². The number of hydrogen-bond acceptors (Lipinski definition) is 3. The highest BCUT2D eigenvalue weighted by atomic mass is 35.5. The van der Waals surface area contributed by atoms with Crippen LogP contribution in [0.2, 0.25) is 5.02 Å². The van der Waals surface area contributed by atoms with E-state index in [-0.39, 0.29) is 23.9 Å². The molecule has 1 amide bonds. The van der Waals surface area contributed by atoms with Gasteiger partial charge in [0, 0.05) is 36.8 Å². The van der Waals surface area contributed by atoms with Crippen LogP contribution in [0.15, 0.2) is 53.4 Å². The molecule has 0 atom stereocenters. The second-order valence-electron chi connectivity index (χ2n) is 6.02. The molecule has 1 aliphatic heterocycles. The van der Waals surface area contributed by atoms with Crippen molar-refractivity contribution in [2.24, 2.45) is 0 Å². The van der Waals surface area contributed by atoms with Crippen molar-refractivity contribution in [1.29, 1.82) is 0 Å². The number of aryl methyl sites for hydroxylation is 1. The lowest BCUT2D eigenvalue weighted by Crippen LogP contribution is -2.50. The molecule has 1 fully saturated rings. The maximum atomic E-state index is 12.7. The number of hydrogen-bond donors (Lipinski definition) is 0. The van der Waals surface area contributed by atoms with Gasteiger partial charge in [-0.25, -0.2) is 8.42 Å². The standard InChI is InChI=1S/C18H19ClN2O3S/c1-14-2-4-15(5-3-14)18(22)20-10-12-21(13-11-20)25(23,24)17-8-6-16(19)7-9-17/h2-9H,10-13H2,1H3. The van der Waals surface area contributed by atoms with Crippen molar-refractivity contribution >= 4 is 27.5 Å². The Labute approximate surface area is 152 Å². The highest BCUT2D eigenvalue weighted by molar-refractivity contribution is 7.89. The number of halogens is 1. The third-order valence-corrected chi connectivity index (χ3v) is 6.44. The van der Waals surface area contributed by atoms with Crippen molar-refractivity contribution in [1.82, 2.24) is 9.21 Å². The van der Waals surface area contributed by atoms with E-state index in [1.807, 2.05) is 19.1 Å². The number of nitrogens with zero attached hydrogens (tertiary/aromatic N) is 2. The number of sulfonamides is 1. The van der Waals surface area contributed by atoms with Gasteiger partial charge in [-0.1, -0.05) is 29.3 Å². The normalized spacial score (nSPS) is 16.0. The molecule has 132 valence electrons. The second-order valence-corrected chi connectivity index (χ2v) is 8.39. The number of amides is 1. The zero-order valence-corrected chi connectivity index (χ0v) is 15.4. The monoisotopic (exact) mass is 378 g/mol. The Kier molecular flexibility index (Phi) is 5.13. The van der Waals surface area contributed by atoms with Gasteiger partial charge in [0.25, 0.3) is 5.91 Å². The van der Waals surface area contributed by atoms with E-state index in [2.05, 4.69) is 0 Å². The first-order valence-electron chi connectivity index (χ1n) is 7.99. The summed E-state index contributed by atoms with van der Waals surface area (Å²) >= 11 is 5.82. The molecule has 0 N–H and O–H groups in total. The van der Waals surface area contributed by atoms with Crippen LogP contribution in [0.1, 0.15) is 15.9 Å². The number of carbonyl (C=O) groups excluding carboxylic acids is 1. The maximum Gasteiger partial charge on any atom is 0.253 e. The topological polar surface area (TPSA) is 57.7 Å². The molecule has 1 heterocycles. The van der Waals surface area contributed by atoms with E-state index in [1.54, 1.807) is 29.2 Å². The van der Waals surface area contributed by atoms with Crippen LogP contribution in [0.5, 0.6) is 0 Å². The summed E-state index contributed by atoms with van der Waals surface area (Å²) in [6.07, 6.45) is 0. The van der Waals surface area contributed by atoms with Gasteiger partial charge in [-0.15, -0.1) is 0 Å². The second kappa shape index (κ2) is 7.15. The van der Waals surface area contributed by atoms with Crippen molar-refractivity contribution in [2.75, 3.05) is 26.2 Å². The molecule has 0 aliphatic carbocycles. The summed E-state index contributed by atoms with van der Waals surface area (Å²) < 4.78 is 26.7. The first kappa shape index (κ1) is 17.9. The molecule has 5 nitrogen and oxygen atoms in total. The van der Waals surface area contributed by atoms with Crippen LogP contribution in [0, 0.1) is 6.92 Å². The van der Waals surface area contributed by atoms with Gasteiger partial charge in [-0.3, -0.25) is 4.79 Å². The van der Waals surface area contributed by atoms with Crippen molar-refractivity contribution in [2.45, 2.75) is 11.8 Å². The molecular formula is C18H19ClN2O3S. The van der Waals surface area contributed by atoms with Gasteiger partial charge >= 0.3 is 0 Å². The highest BCUT2D eigenvalue weighted by Gasteiger charge is 2.30. The molecular weight excluding hydrogens is 360 g/mol. The largest absolute Gasteiger partial charge is 0.336 e. The molecule has 0 saturated carbocycles. The Morgan fingerprint density at radius 3 is 2.04 bits per heavy atom. The molecule has 0 unspecified atom stereocenters. The fourth-order valence-electron chi connectivity index (χ4n) is 2.77. The molecule has 3 rings (SSSR count). The quantitative estimate of drug-likeness (QED) is 0.825. The maximum absolute atomic E-state index is 12.7. The Morgan fingerprint density at radius 2 is 1.48 bits per heavy atom. The Bertz CT molecular complexity index is 856. The molecule has 1 aliphatic rings. The van der Waals surface area contributed by atoms with Gasteiger partial charge in [-0.2, -0.15) is 4.31 Å². The summed E-state index contributed by atoms with van der Waals surface area (Å²) in [5.74, 6) is -0.0662. The predicted octanol–water partition coefficient (Wildman–Crippen LogP) is 2.80. The van der Waals surface area contributed by atoms with Crippen molar-refractivity contribution in [3.8, 4) is 0 Å². The fourth-order valence-corrected chi connectivity index (χ4v) is 4.31. The summed E-state index contributed by atoms with van der Waals surface area (Å²) in [6.45, 7) is 3.28. The van der Waals surface area contributed by atoms with Crippen LogP contribution in [0.3, 0.4) is 0 Å². The van der Waals surface area contributed by atoms with Gasteiger partial charge in [0.05, 0.1) is 4.90 Å². The minimum Gasteiger partial charge on any atom is -0.336 e. The Balaban J connectivity index is 1.68. The average molecular weight is 379 g/mol. The van der Waals surface area contributed by atoms with Crippen molar-refractivity contribution < 1.29 is 13.2 Å². The lowest BCUT2D eigenvalue weighted by atomic mass is 10.1. The molecule has 2 aromatic carbocycles. The minimum absolute atomic E-state index is 0.0662. The van der Waals surface area contributed by atoms with E-state index in [9.17, 15) is 13.2 Å². The average Bonchev–Trinajstić information content (AvgIpc) is 2.62. The molecule has 7 heteroatoms. The zero-order valence-electron chi connectivity index (χ0n) is 13.9. The van der Waals surface area contributed by atoms with Crippen LogP contribution in [-0.2, 0) is 10.0 Å². The van der Waals surface area contributed by atoms with Crippen LogP contribution in [-0.4, -0.2) is 49.7 Å². The van der Waals surface area contributed by atoms with Gasteiger partial charge in [0.1, 0.15) is 0 Å². The first-order valence-corrected chi connectivity index (χ1v) is 9.81. The molecule has 0 bridgehead atoms. The molecule has 0 aromatic heterocycles. The highest BCUT2D eigenvalue weighted by Crippen LogP contribution is 2.20. The minimum atomic E-state index is -3.56. The summed E-state index contributed by atoms with van der Waals surface area (Å²) in [5.41, 5.74) is 1.72. The summed E-state index contributed by atoms with van der Waals surface area (Å²) in [6, 6.07) is 13.5. The summed E-state index contributed by atoms with van der Waals surface area (Å²) in [4.78, 5) is 14.4. The Hall–Kier alpha value is -1.89. The van der Waals surface area contributed by atoms with Gasteiger partial charge in [-0.05, 0) is 43.3 Å². The SMILES string of the molecule is Cc1ccc(C(=O)N2CCN(S(=O)(=O)c3ccc(Cl)cc3)CC2)cc1. The van der Waals surface area contributed by atoms with Gasteiger partial charge < -0.3 is 4.90 Å². The van der Waals surface area contributed by atoms with Crippen LogP contribution >= 0.6 is 11.6 Å². The predicted molar refractivity (Wildman–Crippen MR) is 97.3 cm³/mol. The van der Waals surface area contributed by atoms with E-state index in [4.69, 9.17) is 11.6 Å². The Morgan fingerprint density at radius 1 is 0.920 bits per heavy atom. The first-order chi connectivity index (χ1) is 11.9. The lowest BCUT2D eigenvalue weighted by molar-refractivity contribution is 0.0698. The molecule has 1 saturated heterocycles. The van der Waals surface area contributed by atoms with Gasteiger partial charge in [0.15, 0.2) is 0 Å². The number of rotatable bonds is 3. The van der Waals surface area contributed by atoms with E-state index in [0.717, 1.165) is 5.56 Å². The van der Waals surface area contributed by atoms with Crippen molar-refractivity contribution in [3.05, 3.63) is 64.7 Å². The van der Waals surface area contributed by atoms with Crippen LogP contribution in [0.4, 0.5) is 0 Å². The molecule has 0 radical (unpaired) electrons. The van der Waals surface area contributed by atoms with E-state index < -0.39 is 10.0 Å². The third kappa shape index (κ3) is 3.86. The number of piperazine rings is 1. The lowest BCUT2D eigenvalue weighted by Gasteiger charge is -2.34. The van der Waals surface area contributed by atoms with E-state index in [1.165, 1.54) is 16.4 Å². The van der Waals surface area contributed by atoms with E-state index >= 15 is 0 Å². The smallest absolute Gasteiger partial charge is 0.253 e. The number of benzene rings is 2. The zero-order chi connectivity index (χ0) is 18.0. The molecule has 2 aromatic rings. The summed E-state index contributed by atoms with van der Waals surface area (Å²) in [7, 11) is -3.56. The number of carbonyl (C=O) groups is 1. The molecule has 0 spiro atoms. The molecule has 25 heavy (non-hydrogen) atoms. The van der Waals surface area contributed by atoms with Crippen LogP contribution < -0.4 is 0 Å². The third-order valence-electron chi connectivity index (χ3n) is 4.28.